The molecule has 1 saturated heterocycles. The molecule has 1 aliphatic carbocycles. The maximum atomic E-state index is 10.6. The molecule has 9 nitrogen and oxygen atoms in total. The molecule has 1 aliphatic heterocycles. The van der Waals surface area contributed by atoms with Crippen LogP contribution in [0, 0.1) is 0 Å². The van der Waals surface area contributed by atoms with Crippen LogP contribution >= 0.6 is 0 Å². The maximum Gasteiger partial charge on any atom is 0.167 e. The van der Waals surface area contributed by atoms with Crippen LogP contribution in [0.25, 0.3) is 11.2 Å². The monoisotopic (exact) mass is 383 g/mol. The van der Waals surface area contributed by atoms with Crippen LogP contribution in [-0.2, 0) is 16.1 Å². The second kappa shape index (κ2) is 6.49. The molecule has 1 saturated carbocycles. The third-order valence-corrected chi connectivity index (χ3v) is 5.65. The smallest absolute Gasteiger partial charge is 0.167 e. The first-order valence-electron chi connectivity index (χ1n) is 9.20. The van der Waals surface area contributed by atoms with Crippen LogP contribution in [0.3, 0.4) is 0 Å². The van der Waals surface area contributed by atoms with Crippen molar-refractivity contribution >= 4 is 17.0 Å². The van der Waals surface area contributed by atoms with Crippen LogP contribution in [-0.4, -0.2) is 53.6 Å². The van der Waals surface area contributed by atoms with Crippen LogP contribution in [0.5, 0.6) is 0 Å². The van der Waals surface area contributed by atoms with Gasteiger partial charge in [-0.3, -0.25) is 4.57 Å². The van der Waals surface area contributed by atoms with Gasteiger partial charge >= 0.3 is 0 Å². The Kier molecular flexibility index (Phi) is 4.06. The van der Waals surface area contributed by atoms with Crippen molar-refractivity contribution in [2.75, 3.05) is 5.73 Å². The average Bonchev–Trinajstić information content (AvgIpc) is 3.22. The van der Waals surface area contributed by atoms with E-state index < -0.39 is 24.0 Å². The highest BCUT2D eigenvalue weighted by molar-refractivity contribution is 5.81. The number of benzene rings is 1. The van der Waals surface area contributed by atoms with E-state index in [9.17, 15) is 10.2 Å². The van der Waals surface area contributed by atoms with E-state index in [1.165, 1.54) is 12.7 Å². The van der Waals surface area contributed by atoms with Crippen molar-refractivity contribution in [3.8, 4) is 0 Å². The van der Waals surface area contributed by atoms with Crippen molar-refractivity contribution < 1.29 is 19.7 Å². The molecule has 9 heteroatoms. The molecule has 2 aromatic heterocycles. The van der Waals surface area contributed by atoms with Crippen LogP contribution in [0.4, 0.5) is 5.82 Å². The molecule has 0 amide bonds. The summed E-state index contributed by atoms with van der Waals surface area (Å²) in [7, 11) is 0. The molecule has 1 aromatic carbocycles. The first-order valence-corrected chi connectivity index (χ1v) is 9.20. The number of hydrogen-bond donors (Lipinski definition) is 3. The van der Waals surface area contributed by atoms with E-state index in [0.717, 1.165) is 5.56 Å². The number of aliphatic hydroxyl groups is 2. The highest BCUT2D eigenvalue weighted by Gasteiger charge is 2.61. The molecule has 146 valence electrons. The van der Waals surface area contributed by atoms with Gasteiger partial charge in [0.05, 0.1) is 19.0 Å². The van der Waals surface area contributed by atoms with Crippen molar-refractivity contribution in [2.24, 2.45) is 0 Å². The normalized spacial score (nSPS) is 32.1. The van der Waals surface area contributed by atoms with Gasteiger partial charge in [0.1, 0.15) is 29.7 Å². The first-order chi connectivity index (χ1) is 13.6. The van der Waals surface area contributed by atoms with Crippen molar-refractivity contribution in [1.82, 2.24) is 19.5 Å². The molecular weight excluding hydrogens is 362 g/mol. The lowest BCUT2D eigenvalue weighted by molar-refractivity contribution is -0.204. The topological polar surface area (TPSA) is 129 Å². The Balaban J connectivity index is 1.30. The summed E-state index contributed by atoms with van der Waals surface area (Å²) in [6.45, 7) is 0.506. The Morgan fingerprint density at radius 2 is 1.96 bits per heavy atom. The lowest BCUT2D eigenvalue weighted by Gasteiger charge is -2.45. The zero-order chi connectivity index (χ0) is 19.3. The molecule has 0 radical (unpaired) electrons. The largest absolute Gasteiger partial charge is 0.387 e. The number of nitrogens with two attached hydrogens (primary N) is 1. The van der Waals surface area contributed by atoms with Crippen molar-refractivity contribution in [3.05, 3.63) is 48.5 Å². The second-order valence-electron chi connectivity index (χ2n) is 7.42. The van der Waals surface area contributed by atoms with E-state index in [4.69, 9.17) is 15.2 Å². The molecule has 2 fully saturated rings. The number of aromatic nitrogens is 4. The summed E-state index contributed by atoms with van der Waals surface area (Å²) in [4.78, 5) is 12.3. The summed E-state index contributed by atoms with van der Waals surface area (Å²) in [6, 6.07) is 9.92. The lowest BCUT2D eigenvalue weighted by Crippen LogP contribution is -2.56. The van der Waals surface area contributed by atoms with E-state index in [-0.39, 0.29) is 11.9 Å². The number of ether oxygens (including phenoxy) is 2. The van der Waals surface area contributed by atoms with E-state index in [2.05, 4.69) is 15.0 Å². The maximum absolute atomic E-state index is 10.6. The van der Waals surface area contributed by atoms with Crippen LogP contribution in [0.2, 0.25) is 0 Å². The van der Waals surface area contributed by atoms with Gasteiger partial charge in [0.25, 0.3) is 0 Å². The van der Waals surface area contributed by atoms with Gasteiger partial charge in [0.15, 0.2) is 17.7 Å². The van der Waals surface area contributed by atoms with E-state index in [0.29, 0.717) is 30.6 Å². The third-order valence-electron chi connectivity index (χ3n) is 5.65. The van der Waals surface area contributed by atoms with Crippen LogP contribution in [0.1, 0.15) is 24.6 Å². The molecule has 3 atom stereocenters. The van der Waals surface area contributed by atoms with Crippen molar-refractivity contribution in [1.29, 1.82) is 0 Å². The molecule has 3 aromatic rings. The highest BCUT2D eigenvalue weighted by Crippen LogP contribution is 2.50. The summed E-state index contributed by atoms with van der Waals surface area (Å²) < 4.78 is 13.6. The van der Waals surface area contributed by atoms with Gasteiger partial charge in [-0.05, 0) is 5.56 Å². The molecule has 2 aliphatic rings. The minimum absolute atomic E-state index is 0.0293. The van der Waals surface area contributed by atoms with Gasteiger partial charge in [-0.2, -0.15) is 0 Å². The number of nitrogen functional groups attached to an aromatic ring is 1. The summed E-state index contributed by atoms with van der Waals surface area (Å²) in [6.07, 6.45) is 0.894. The number of hydrogen-bond acceptors (Lipinski definition) is 8. The molecule has 5 rings (SSSR count). The fourth-order valence-corrected chi connectivity index (χ4v) is 4.08. The SMILES string of the molecule is Nc1ncnc2c1ncn2[C@@H]1O[C@]2(C[C@@H](OCc3ccccc3)C2)[C@@H](O)[C@H]1O. The van der Waals surface area contributed by atoms with Gasteiger partial charge in [-0.25, -0.2) is 15.0 Å². The number of nitrogens with zero attached hydrogens (tertiary/aromatic N) is 4. The van der Waals surface area contributed by atoms with E-state index in [1.54, 1.807) is 4.57 Å². The summed E-state index contributed by atoms with van der Waals surface area (Å²) >= 11 is 0. The van der Waals surface area contributed by atoms with Gasteiger partial charge in [-0.15, -0.1) is 0 Å². The average molecular weight is 383 g/mol. The van der Waals surface area contributed by atoms with Gasteiger partial charge in [0.2, 0.25) is 0 Å². The Bertz CT molecular complexity index is 988. The summed E-state index contributed by atoms with van der Waals surface area (Å²) in [5, 5.41) is 21.3. The van der Waals surface area contributed by atoms with E-state index >= 15 is 0 Å². The molecule has 4 N–H and O–H groups in total. The zero-order valence-electron chi connectivity index (χ0n) is 15.0. The molecule has 1 spiro atoms. The molecule has 0 unspecified atom stereocenters. The molecule has 3 heterocycles. The molecule has 0 bridgehead atoms. The summed E-state index contributed by atoms with van der Waals surface area (Å²) in [5.74, 6) is 0.254. The fraction of sp³-hybridized carbons (Fsp3) is 0.421. The fourth-order valence-electron chi connectivity index (χ4n) is 4.08. The predicted molar refractivity (Wildman–Crippen MR) is 98.9 cm³/mol. The third kappa shape index (κ3) is 2.67. The van der Waals surface area contributed by atoms with Crippen molar-refractivity contribution in [3.63, 3.8) is 0 Å². The molecular formula is C19H21N5O4. The highest BCUT2D eigenvalue weighted by atomic mass is 16.6. The van der Waals surface area contributed by atoms with Crippen LogP contribution in [0.15, 0.2) is 43.0 Å². The number of aliphatic hydroxyl groups excluding tert-OH is 2. The number of imidazole rings is 1. The second-order valence-corrected chi connectivity index (χ2v) is 7.42. The zero-order valence-corrected chi connectivity index (χ0v) is 15.0. The van der Waals surface area contributed by atoms with Gasteiger partial charge < -0.3 is 25.4 Å². The predicted octanol–water partition coefficient (Wildman–Crippen LogP) is 0.777. The Labute approximate surface area is 160 Å². The minimum atomic E-state index is -1.11. The van der Waals surface area contributed by atoms with Crippen molar-refractivity contribution in [2.45, 2.75) is 49.6 Å². The Morgan fingerprint density at radius 1 is 1.18 bits per heavy atom. The minimum Gasteiger partial charge on any atom is -0.387 e. The first kappa shape index (κ1) is 17.5. The number of fused-ring (bicyclic) bond motifs is 1. The summed E-state index contributed by atoms with van der Waals surface area (Å²) in [5.41, 5.74) is 6.98. The Morgan fingerprint density at radius 3 is 2.75 bits per heavy atom. The number of rotatable bonds is 4. The lowest BCUT2D eigenvalue weighted by atomic mass is 9.73. The quantitative estimate of drug-likeness (QED) is 0.603. The van der Waals surface area contributed by atoms with Crippen LogP contribution < -0.4 is 5.73 Å². The van der Waals surface area contributed by atoms with Gasteiger partial charge in [0, 0.05) is 12.8 Å². The Hall–Kier alpha value is -2.59. The molecule has 28 heavy (non-hydrogen) atoms. The number of anilines is 1. The van der Waals surface area contributed by atoms with E-state index in [1.807, 2.05) is 30.3 Å². The van der Waals surface area contributed by atoms with Gasteiger partial charge in [-0.1, -0.05) is 30.3 Å². The standard InChI is InChI=1S/C19H21N5O4/c20-16-13-17(22-9-21-16)24(10-23-13)18-14(25)15(26)19(28-18)6-12(7-19)27-8-11-4-2-1-3-5-11/h1-5,9-10,12,14-15,18,25-26H,6-8H2,(H2,20,21,22)/t12-,14-,15+,18-,19+/m1/s1.